The quantitative estimate of drug-likeness (QED) is 0.842. The van der Waals surface area contributed by atoms with E-state index in [2.05, 4.69) is 0 Å². The van der Waals surface area contributed by atoms with Gasteiger partial charge in [0.2, 0.25) is 0 Å². The fourth-order valence-electron chi connectivity index (χ4n) is 1.64. The lowest BCUT2D eigenvalue weighted by Gasteiger charge is -2.26. The van der Waals surface area contributed by atoms with Gasteiger partial charge in [-0.3, -0.25) is 9.59 Å². The van der Waals surface area contributed by atoms with Gasteiger partial charge in [-0.1, -0.05) is 0 Å². The Morgan fingerprint density at radius 2 is 2.12 bits per heavy atom. The van der Waals surface area contributed by atoms with Gasteiger partial charge in [-0.2, -0.15) is 0 Å². The zero-order chi connectivity index (χ0) is 13.0. The van der Waals surface area contributed by atoms with Crippen LogP contribution in [0.4, 0.5) is 0 Å². The molecule has 94 valence electrons. The van der Waals surface area contributed by atoms with Crippen molar-refractivity contribution in [1.29, 1.82) is 0 Å². The highest BCUT2D eigenvalue weighted by molar-refractivity contribution is 5.93. The number of amides is 1. The Bertz CT molecular complexity index is 410. The zero-order valence-corrected chi connectivity index (χ0v) is 10.4. The molecule has 1 N–H and O–H groups in total. The number of carbonyl (C=O) groups is 2. The maximum atomic E-state index is 12.2. The number of aromatic nitrogens is 1. The first-order valence-corrected chi connectivity index (χ1v) is 5.57. The highest BCUT2D eigenvalue weighted by Gasteiger charge is 2.21. The number of carboxylic acids is 1. The van der Waals surface area contributed by atoms with Crippen LogP contribution in [0.3, 0.4) is 0 Å². The predicted octanol–water partition coefficient (Wildman–Crippen LogP) is 1.35. The lowest BCUT2D eigenvalue weighted by molar-refractivity contribution is -0.137. The standard InChI is InChI=1S/C12H18N2O3/c1-9(2)14(8-6-11(15)16)12(17)10-5-4-7-13(10)3/h4-5,7,9H,6,8H2,1-3H3,(H,15,16). The molecular formula is C12H18N2O3. The molecule has 1 aromatic rings. The molecule has 1 aromatic heterocycles. The van der Waals surface area contributed by atoms with E-state index in [4.69, 9.17) is 5.11 Å². The van der Waals surface area contributed by atoms with Crippen molar-refractivity contribution in [3.05, 3.63) is 24.0 Å². The first-order chi connectivity index (χ1) is 7.93. The molecule has 5 nitrogen and oxygen atoms in total. The van der Waals surface area contributed by atoms with Gasteiger partial charge in [0.1, 0.15) is 5.69 Å². The molecule has 0 spiro atoms. The average Bonchev–Trinajstić information content (AvgIpc) is 2.63. The lowest BCUT2D eigenvalue weighted by Crippen LogP contribution is -2.39. The van der Waals surface area contributed by atoms with Crippen LogP contribution in [0.1, 0.15) is 30.8 Å². The van der Waals surface area contributed by atoms with Crippen molar-refractivity contribution >= 4 is 11.9 Å². The molecule has 0 aliphatic rings. The average molecular weight is 238 g/mol. The minimum absolute atomic E-state index is 0.0169. The second-order valence-corrected chi connectivity index (χ2v) is 4.24. The smallest absolute Gasteiger partial charge is 0.305 e. The van der Waals surface area contributed by atoms with Crippen molar-refractivity contribution in [2.45, 2.75) is 26.3 Å². The summed E-state index contributed by atoms with van der Waals surface area (Å²) in [6.07, 6.45) is 1.76. The molecule has 0 saturated carbocycles. The number of rotatable bonds is 5. The lowest BCUT2D eigenvalue weighted by atomic mass is 10.2. The van der Waals surface area contributed by atoms with Crippen molar-refractivity contribution in [3.63, 3.8) is 0 Å². The Morgan fingerprint density at radius 1 is 1.47 bits per heavy atom. The van der Waals surface area contributed by atoms with E-state index < -0.39 is 5.97 Å². The Morgan fingerprint density at radius 3 is 2.53 bits per heavy atom. The van der Waals surface area contributed by atoms with Crippen molar-refractivity contribution in [3.8, 4) is 0 Å². The summed E-state index contributed by atoms with van der Waals surface area (Å²) in [5, 5.41) is 8.67. The van der Waals surface area contributed by atoms with Gasteiger partial charge in [-0.25, -0.2) is 0 Å². The molecule has 5 heteroatoms. The number of carboxylic acid groups (broad SMARTS) is 1. The zero-order valence-electron chi connectivity index (χ0n) is 10.4. The SMILES string of the molecule is CC(C)N(CCC(=O)O)C(=O)c1cccn1C. The molecule has 0 bridgehead atoms. The van der Waals surface area contributed by atoms with Crippen LogP contribution in [0.2, 0.25) is 0 Å². The van der Waals surface area contributed by atoms with Crippen molar-refractivity contribution in [2.24, 2.45) is 7.05 Å². The van der Waals surface area contributed by atoms with Gasteiger partial charge in [-0.15, -0.1) is 0 Å². The Labute approximate surface area is 101 Å². The van der Waals surface area contributed by atoms with E-state index in [-0.39, 0.29) is 24.9 Å². The van der Waals surface area contributed by atoms with Crippen molar-refractivity contribution in [1.82, 2.24) is 9.47 Å². The van der Waals surface area contributed by atoms with Gasteiger partial charge in [0.25, 0.3) is 5.91 Å². The van der Waals surface area contributed by atoms with Gasteiger partial charge in [0.05, 0.1) is 6.42 Å². The molecule has 0 aromatic carbocycles. The Kier molecular flexibility index (Phi) is 4.31. The maximum absolute atomic E-state index is 12.2. The summed E-state index contributed by atoms with van der Waals surface area (Å²) in [5.41, 5.74) is 0.573. The molecule has 0 aliphatic carbocycles. The van der Waals surface area contributed by atoms with E-state index in [1.807, 2.05) is 13.8 Å². The summed E-state index contributed by atoms with van der Waals surface area (Å²) in [5.74, 6) is -1.02. The third kappa shape index (κ3) is 3.34. The minimum atomic E-state index is -0.893. The van der Waals surface area contributed by atoms with Gasteiger partial charge < -0.3 is 14.6 Å². The highest BCUT2D eigenvalue weighted by Crippen LogP contribution is 2.09. The van der Waals surface area contributed by atoms with E-state index in [0.717, 1.165) is 0 Å². The molecule has 0 fully saturated rings. The van der Waals surface area contributed by atoms with Crippen LogP contribution in [-0.4, -0.2) is 39.0 Å². The summed E-state index contributed by atoms with van der Waals surface area (Å²) >= 11 is 0. The second kappa shape index (κ2) is 5.52. The fourth-order valence-corrected chi connectivity index (χ4v) is 1.64. The van der Waals surface area contributed by atoms with Crippen LogP contribution in [0.5, 0.6) is 0 Å². The molecule has 0 saturated heterocycles. The summed E-state index contributed by atoms with van der Waals surface area (Å²) in [4.78, 5) is 24.3. The maximum Gasteiger partial charge on any atom is 0.305 e. The van der Waals surface area contributed by atoms with Crippen LogP contribution in [0, 0.1) is 0 Å². The highest BCUT2D eigenvalue weighted by atomic mass is 16.4. The molecular weight excluding hydrogens is 220 g/mol. The van der Waals surface area contributed by atoms with Crippen molar-refractivity contribution < 1.29 is 14.7 Å². The first-order valence-electron chi connectivity index (χ1n) is 5.57. The topological polar surface area (TPSA) is 62.5 Å². The number of nitrogens with zero attached hydrogens (tertiary/aromatic N) is 2. The van der Waals surface area contributed by atoms with Crippen LogP contribution in [0.15, 0.2) is 18.3 Å². The number of aliphatic carboxylic acids is 1. The number of aryl methyl sites for hydroxylation is 1. The fraction of sp³-hybridized carbons (Fsp3) is 0.500. The van der Waals surface area contributed by atoms with E-state index >= 15 is 0 Å². The summed E-state index contributed by atoms with van der Waals surface area (Å²) in [6.45, 7) is 3.99. The minimum Gasteiger partial charge on any atom is -0.481 e. The number of hydrogen-bond acceptors (Lipinski definition) is 2. The molecule has 0 radical (unpaired) electrons. The molecule has 1 amide bonds. The predicted molar refractivity (Wildman–Crippen MR) is 63.8 cm³/mol. The molecule has 0 unspecified atom stereocenters. The first kappa shape index (κ1) is 13.3. The Hall–Kier alpha value is -1.78. The van der Waals surface area contributed by atoms with E-state index in [1.165, 1.54) is 0 Å². The third-order valence-electron chi connectivity index (χ3n) is 2.61. The molecule has 1 rings (SSSR count). The summed E-state index contributed by atoms with van der Waals surface area (Å²) < 4.78 is 1.73. The van der Waals surface area contributed by atoms with Crippen LogP contribution in [-0.2, 0) is 11.8 Å². The largest absolute Gasteiger partial charge is 0.481 e. The normalized spacial score (nSPS) is 10.6. The molecule has 1 heterocycles. The van der Waals surface area contributed by atoms with E-state index in [9.17, 15) is 9.59 Å². The van der Waals surface area contributed by atoms with Gasteiger partial charge in [0, 0.05) is 25.8 Å². The number of hydrogen-bond donors (Lipinski definition) is 1. The van der Waals surface area contributed by atoms with E-state index in [1.54, 1.807) is 34.8 Å². The van der Waals surface area contributed by atoms with Crippen LogP contribution < -0.4 is 0 Å². The van der Waals surface area contributed by atoms with E-state index in [0.29, 0.717) is 5.69 Å². The summed E-state index contributed by atoms with van der Waals surface area (Å²) in [6, 6.07) is 3.51. The molecule has 0 aliphatic heterocycles. The second-order valence-electron chi connectivity index (χ2n) is 4.24. The van der Waals surface area contributed by atoms with Gasteiger partial charge >= 0.3 is 5.97 Å². The Balaban J connectivity index is 2.81. The third-order valence-corrected chi connectivity index (χ3v) is 2.61. The monoisotopic (exact) mass is 238 g/mol. The number of carbonyl (C=O) groups excluding carboxylic acids is 1. The summed E-state index contributed by atoms with van der Waals surface area (Å²) in [7, 11) is 1.79. The van der Waals surface area contributed by atoms with Crippen LogP contribution in [0.25, 0.3) is 0 Å². The van der Waals surface area contributed by atoms with Crippen molar-refractivity contribution in [2.75, 3.05) is 6.54 Å². The van der Waals surface area contributed by atoms with Gasteiger partial charge in [-0.05, 0) is 26.0 Å². The molecule has 0 atom stereocenters. The molecule has 17 heavy (non-hydrogen) atoms. The van der Waals surface area contributed by atoms with Crippen LogP contribution >= 0.6 is 0 Å². The van der Waals surface area contributed by atoms with Gasteiger partial charge in [0.15, 0.2) is 0 Å².